The molecule has 3 rings (SSSR count). The van der Waals surface area contributed by atoms with E-state index in [9.17, 15) is 9.59 Å². The molecule has 1 atom stereocenters. The number of rotatable bonds is 6. The lowest BCUT2D eigenvalue weighted by Crippen LogP contribution is -2.32. The van der Waals surface area contributed by atoms with Crippen molar-refractivity contribution in [2.45, 2.75) is 19.9 Å². The summed E-state index contributed by atoms with van der Waals surface area (Å²) in [6.45, 7) is 4.56. The molecule has 0 aliphatic carbocycles. The fourth-order valence-corrected chi connectivity index (χ4v) is 4.18. The van der Waals surface area contributed by atoms with Gasteiger partial charge in [-0.3, -0.25) is 9.59 Å². The van der Waals surface area contributed by atoms with Crippen molar-refractivity contribution < 1.29 is 4.79 Å². The normalized spacial score (nSPS) is 12.4. The first-order chi connectivity index (χ1) is 11.6. The van der Waals surface area contributed by atoms with Gasteiger partial charge in [0.25, 0.3) is 5.56 Å². The molecule has 0 saturated carbocycles. The van der Waals surface area contributed by atoms with Gasteiger partial charge in [0.05, 0.1) is 11.4 Å². The number of fused-ring (bicyclic) bond motifs is 1. The number of aromatic amines is 1. The van der Waals surface area contributed by atoms with Gasteiger partial charge in [0.2, 0.25) is 5.91 Å². The van der Waals surface area contributed by atoms with Crippen molar-refractivity contribution in [3.8, 4) is 10.4 Å². The molecule has 6 nitrogen and oxygen atoms in total. The molecule has 0 spiro atoms. The molecular formula is C16H18N4O2S2. The van der Waals surface area contributed by atoms with E-state index in [2.05, 4.69) is 20.6 Å². The summed E-state index contributed by atoms with van der Waals surface area (Å²) in [5.74, 6) is 0.548. The largest absolute Gasteiger partial charge is 0.355 e. The number of nitrogens with zero attached hydrogens (tertiary/aromatic N) is 1. The van der Waals surface area contributed by atoms with E-state index in [-0.39, 0.29) is 17.5 Å². The van der Waals surface area contributed by atoms with E-state index < -0.39 is 0 Å². The van der Waals surface area contributed by atoms with E-state index in [4.69, 9.17) is 0 Å². The zero-order chi connectivity index (χ0) is 17.1. The van der Waals surface area contributed by atoms with Crippen LogP contribution in [0.1, 0.15) is 25.7 Å². The van der Waals surface area contributed by atoms with Crippen LogP contribution < -0.4 is 16.2 Å². The van der Waals surface area contributed by atoms with Gasteiger partial charge in [0.1, 0.15) is 10.7 Å². The molecule has 0 aliphatic rings. The van der Waals surface area contributed by atoms with Crippen molar-refractivity contribution in [2.24, 2.45) is 0 Å². The van der Waals surface area contributed by atoms with Crippen LogP contribution in [0.25, 0.3) is 20.7 Å². The van der Waals surface area contributed by atoms with Crippen LogP contribution in [0.3, 0.4) is 0 Å². The SMILES string of the molecule is CC(=O)NCCN[C@@H](C)c1nc2scc(-c3cccs3)c2c(=O)[nH]1. The van der Waals surface area contributed by atoms with Gasteiger partial charge in [-0.15, -0.1) is 22.7 Å². The number of nitrogens with one attached hydrogen (secondary N) is 3. The van der Waals surface area contributed by atoms with E-state index >= 15 is 0 Å². The summed E-state index contributed by atoms with van der Waals surface area (Å²) in [6, 6.07) is 3.87. The van der Waals surface area contributed by atoms with Gasteiger partial charge < -0.3 is 15.6 Å². The molecule has 0 saturated heterocycles. The van der Waals surface area contributed by atoms with Crippen LogP contribution in [-0.2, 0) is 4.79 Å². The van der Waals surface area contributed by atoms with E-state index in [0.29, 0.717) is 24.3 Å². The molecule has 0 unspecified atom stereocenters. The number of amides is 1. The van der Waals surface area contributed by atoms with Crippen molar-refractivity contribution in [3.63, 3.8) is 0 Å². The van der Waals surface area contributed by atoms with Crippen LogP contribution in [0.2, 0.25) is 0 Å². The van der Waals surface area contributed by atoms with Crippen molar-refractivity contribution >= 4 is 38.8 Å². The number of aromatic nitrogens is 2. The first-order valence-electron chi connectivity index (χ1n) is 7.59. The minimum atomic E-state index is -0.116. The first-order valence-corrected chi connectivity index (χ1v) is 9.35. The average molecular weight is 362 g/mol. The molecule has 3 heterocycles. The van der Waals surface area contributed by atoms with Gasteiger partial charge in [-0.25, -0.2) is 4.98 Å². The Morgan fingerprint density at radius 3 is 2.92 bits per heavy atom. The molecular weight excluding hydrogens is 344 g/mol. The summed E-state index contributed by atoms with van der Waals surface area (Å²) in [6.07, 6.45) is 0. The predicted octanol–water partition coefficient (Wildman–Crippen LogP) is 2.50. The second-order valence-electron chi connectivity index (χ2n) is 5.42. The summed E-state index contributed by atoms with van der Waals surface area (Å²) in [5, 5.41) is 10.6. The Hall–Kier alpha value is -2.03. The van der Waals surface area contributed by atoms with E-state index in [1.807, 2.05) is 29.8 Å². The predicted molar refractivity (Wildman–Crippen MR) is 98.7 cm³/mol. The minimum Gasteiger partial charge on any atom is -0.355 e. The van der Waals surface area contributed by atoms with Crippen LogP contribution in [0, 0.1) is 0 Å². The third-order valence-electron chi connectivity index (χ3n) is 3.61. The van der Waals surface area contributed by atoms with Crippen molar-refractivity contribution in [1.29, 1.82) is 0 Å². The second kappa shape index (κ2) is 7.25. The maximum atomic E-state index is 12.5. The smallest absolute Gasteiger partial charge is 0.260 e. The highest BCUT2D eigenvalue weighted by Gasteiger charge is 2.15. The van der Waals surface area contributed by atoms with Gasteiger partial charge in [-0.1, -0.05) is 6.07 Å². The summed E-state index contributed by atoms with van der Waals surface area (Å²) in [4.78, 5) is 32.7. The van der Waals surface area contributed by atoms with E-state index in [1.165, 1.54) is 18.3 Å². The second-order valence-corrected chi connectivity index (χ2v) is 7.22. The summed E-state index contributed by atoms with van der Waals surface area (Å²) >= 11 is 3.09. The number of hydrogen-bond acceptors (Lipinski definition) is 6. The quantitative estimate of drug-likeness (QED) is 0.588. The Labute approximate surface area is 147 Å². The number of carbonyl (C=O) groups is 1. The Balaban J connectivity index is 1.81. The summed E-state index contributed by atoms with van der Waals surface area (Å²) in [5.41, 5.74) is 0.826. The number of hydrogen-bond donors (Lipinski definition) is 3. The van der Waals surface area contributed by atoms with Gasteiger partial charge in [0, 0.05) is 35.8 Å². The molecule has 0 aromatic carbocycles. The van der Waals surface area contributed by atoms with Crippen LogP contribution in [0.4, 0.5) is 0 Å². The third kappa shape index (κ3) is 3.55. The first kappa shape index (κ1) is 16.8. The van der Waals surface area contributed by atoms with Crippen LogP contribution >= 0.6 is 22.7 Å². The monoisotopic (exact) mass is 362 g/mol. The molecule has 24 heavy (non-hydrogen) atoms. The molecule has 0 aliphatic heterocycles. The topological polar surface area (TPSA) is 86.9 Å². The third-order valence-corrected chi connectivity index (χ3v) is 5.38. The fourth-order valence-electron chi connectivity index (χ4n) is 2.41. The molecule has 3 aromatic heterocycles. The zero-order valence-corrected chi connectivity index (χ0v) is 15.0. The standard InChI is InChI=1S/C16H18N4O2S2/c1-9(17-5-6-18-10(2)21)14-19-15(22)13-11(8-24-16(13)20-14)12-4-3-7-23-12/h3-4,7-9,17H,5-6H2,1-2H3,(H,18,21)(H,19,20,22)/t9-/m0/s1. The molecule has 3 aromatic rings. The molecule has 0 bridgehead atoms. The van der Waals surface area contributed by atoms with Gasteiger partial charge in [-0.2, -0.15) is 0 Å². The van der Waals surface area contributed by atoms with Crippen LogP contribution in [-0.4, -0.2) is 29.0 Å². The summed E-state index contributed by atoms with van der Waals surface area (Å²) in [7, 11) is 0. The number of H-pyrrole nitrogens is 1. The van der Waals surface area contributed by atoms with Crippen molar-refractivity contribution in [3.05, 3.63) is 39.1 Å². The Morgan fingerprint density at radius 2 is 2.21 bits per heavy atom. The highest BCUT2D eigenvalue weighted by atomic mass is 32.1. The van der Waals surface area contributed by atoms with Crippen molar-refractivity contribution in [2.75, 3.05) is 13.1 Å². The number of carbonyl (C=O) groups excluding carboxylic acids is 1. The molecule has 8 heteroatoms. The van der Waals surface area contributed by atoms with Gasteiger partial charge in [-0.05, 0) is 18.4 Å². The minimum absolute atomic E-state index is 0.0582. The van der Waals surface area contributed by atoms with E-state index in [1.54, 1.807) is 11.3 Å². The maximum Gasteiger partial charge on any atom is 0.260 e. The van der Waals surface area contributed by atoms with Gasteiger partial charge in [0.15, 0.2) is 0 Å². The maximum absolute atomic E-state index is 12.5. The lowest BCUT2D eigenvalue weighted by Gasteiger charge is -2.13. The molecule has 0 fully saturated rings. The van der Waals surface area contributed by atoms with Crippen molar-refractivity contribution in [1.82, 2.24) is 20.6 Å². The van der Waals surface area contributed by atoms with Crippen LogP contribution in [0.5, 0.6) is 0 Å². The number of thiophene rings is 2. The van der Waals surface area contributed by atoms with Gasteiger partial charge >= 0.3 is 0 Å². The lowest BCUT2D eigenvalue weighted by atomic mass is 10.2. The van der Waals surface area contributed by atoms with Crippen LogP contribution in [0.15, 0.2) is 27.7 Å². The highest BCUT2D eigenvalue weighted by molar-refractivity contribution is 7.18. The Kier molecular flexibility index (Phi) is 5.08. The average Bonchev–Trinajstić information content (AvgIpc) is 3.19. The summed E-state index contributed by atoms with van der Waals surface area (Å²) < 4.78 is 0. The zero-order valence-electron chi connectivity index (χ0n) is 13.4. The molecule has 1 amide bonds. The molecule has 126 valence electrons. The molecule has 3 N–H and O–H groups in total. The molecule has 0 radical (unpaired) electrons. The Morgan fingerprint density at radius 1 is 1.38 bits per heavy atom. The Bertz CT molecular complexity index is 899. The van der Waals surface area contributed by atoms with E-state index in [0.717, 1.165) is 15.3 Å². The lowest BCUT2D eigenvalue weighted by molar-refractivity contribution is -0.118. The highest BCUT2D eigenvalue weighted by Crippen LogP contribution is 2.33. The fraction of sp³-hybridized carbons (Fsp3) is 0.312.